The summed E-state index contributed by atoms with van der Waals surface area (Å²) in [4.78, 5) is 13.4. The van der Waals surface area contributed by atoms with E-state index >= 15 is 0 Å². The lowest BCUT2D eigenvalue weighted by molar-refractivity contribution is 0.103. The van der Waals surface area contributed by atoms with E-state index in [1.165, 1.54) is 12.1 Å². The van der Waals surface area contributed by atoms with Crippen LogP contribution in [-0.4, -0.2) is 5.78 Å². The van der Waals surface area contributed by atoms with E-state index < -0.39 is 10.9 Å². The average molecular weight is 284 g/mol. The summed E-state index contributed by atoms with van der Waals surface area (Å²) in [7, 11) is -0.722. The monoisotopic (exact) mass is 284 g/mol. The zero-order valence-corrected chi connectivity index (χ0v) is 11.6. The molecule has 0 saturated carbocycles. The van der Waals surface area contributed by atoms with E-state index in [0.717, 1.165) is 4.90 Å². The number of carbonyl (C=O) groups excluding carboxylic acids is 1. The standard InChI is InChI=1S/C17H13FOS/c18-14-8-9-15(16(12-14)20-10-4-5-11-20)17(19)13-6-2-1-3-7-13/h1-12,20H. The molecular formula is C17H13FOS. The molecule has 3 heteroatoms. The van der Waals surface area contributed by atoms with Crippen molar-refractivity contribution in [2.75, 3.05) is 0 Å². The van der Waals surface area contributed by atoms with Crippen molar-refractivity contribution in [3.05, 3.63) is 88.4 Å². The van der Waals surface area contributed by atoms with Crippen molar-refractivity contribution < 1.29 is 9.18 Å². The summed E-state index contributed by atoms with van der Waals surface area (Å²) < 4.78 is 13.5. The molecule has 1 heterocycles. The maximum absolute atomic E-state index is 13.5. The lowest BCUT2D eigenvalue weighted by Crippen LogP contribution is -2.04. The summed E-state index contributed by atoms with van der Waals surface area (Å²) in [5, 5.41) is 4.04. The first-order chi connectivity index (χ1) is 9.75. The van der Waals surface area contributed by atoms with Crippen LogP contribution in [-0.2, 0) is 0 Å². The van der Waals surface area contributed by atoms with Crippen molar-refractivity contribution in [1.29, 1.82) is 0 Å². The molecule has 2 aromatic rings. The fourth-order valence-electron chi connectivity index (χ4n) is 2.15. The Labute approximate surface area is 119 Å². The third kappa shape index (κ3) is 2.45. The second kappa shape index (κ2) is 5.47. The molecule has 1 aliphatic rings. The molecule has 0 fully saturated rings. The van der Waals surface area contributed by atoms with Gasteiger partial charge in [0, 0.05) is 16.0 Å². The molecule has 1 aliphatic heterocycles. The van der Waals surface area contributed by atoms with Gasteiger partial charge in [0.2, 0.25) is 0 Å². The first-order valence-electron chi connectivity index (χ1n) is 6.28. The first-order valence-corrected chi connectivity index (χ1v) is 7.76. The number of ketones is 1. The molecule has 0 amide bonds. The third-order valence-corrected chi connectivity index (χ3v) is 5.04. The summed E-state index contributed by atoms with van der Waals surface area (Å²) in [5.74, 6) is -0.363. The molecule has 0 N–H and O–H groups in total. The minimum atomic E-state index is -0.722. The molecule has 0 saturated heterocycles. The summed E-state index contributed by atoms with van der Waals surface area (Å²) in [5.41, 5.74) is 1.21. The lowest BCUT2D eigenvalue weighted by Gasteiger charge is -2.15. The van der Waals surface area contributed by atoms with E-state index in [2.05, 4.69) is 0 Å². The summed E-state index contributed by atoms with van der Waals surface area (Å²) in [6.07, 6.45) is 3.88. The van der Waals surface area contributed by atoms with Crippen LogP contribution >= 0.6 is 10.9 Å². The second-order valence-corrected chi connectivity index (χ2v) is 6.34. The normalized spacial score (nSPS) is 14.8. The van der Waals surface area contributed by atoms with E-state index in [9.17, 15) is 9.18 Å². The quantitative estimate of drug-likeness (QED) is 0.650. The van der Waals surface area contributed by atoms with Gasteiger partial charge in [-0.2, -0.15) is 10.9 Å². The van der Waals surface area contributed by atoms with Crippen LogP contribution in [0, 0.1) is 5.82 Å². The number of thiol groups is 1. The van der Waals surface area contributed by atoms with E-state index in [1.54, 1.807) is 18.2 Å². The van der Waals surface area contributed by atoms with Crippen molar-refractivity contribution in [3.63, 3.8) is 0 Å². The highest BCUT2D eigenvalue weighted by molar-refractivity contribution is 8.22. The number of allylic oxidation sites excluding steroid dienone is 2. The number of rotatable bonds is 3. The van der Waals surface area contributed by atoms with Crippen molar-refractivity contribution >= 4 is 16.7 Å². The Balaban J connectivity index is 2.07. The highest BCUT2D eigenvalue weighted by Gasteiger charge is 2.17. The largest absolute Gasteiger partial charge is 0.289 e. The molecule has 0 aliphatic carbocycles. The van der Waals surface area contributed by atoms with Crippen molar-refractivity contribution in [2.45, 2.75) is 4.90 Å². The third-order valence-electron chi connectivity index (χ3n) is 3.12. The Bertz CT molecular complexity index is 692. The molecule has 100 valence electrons. The molecule has 0 atom stereocenters. The van der Waals surface area contributed by atoms with E-state index in [4.69, 9.17) is 0 Å². The fourth-order valence-corrected chi connectivity index (χ4v) is 3.87. The van der Waals surface area contributed by atoms with Crippen molar-refractivity contribution in [2.24, 2.45) is 0 Å². The Morgan fingerprint density at radius 1 is 0.950 bits per heavy atom. The van der Waals surface area contributed by atoms with Crippen LogP contribution in [0.2, 0.25) is 0 Å². The van der Waals surface area contributed by atoms with Gasteiger partial charge in [0.05, 0.1) is 0 Å². The van der Waals surface area contributed by atoms with Gasteiger partial charge in [0.15, 0.2) is 5.78 Å². The van der Waals surface area contributed by atoms with Gasteiger partial charge < -0.3 is 0 Å². The van der Waals surface area contributed by atoms with Crippen LogP contribution in [0.1, 0.15) is 15.9 Å². The first kappa shape index (κ1) is 12.9. The van der Waals surface area contributed by atoms with Gasteiger partial charge in [0.25, 0.3) is 0 Å². The zero-order valence-electron chi connectivity index (χ0n) is 10.7. The van der Waals surface area contributed by atoms with E-state index in [-0.39, 0.29) is 11.6 Å². The molecule has 0 spiro atoms. The van der Waals surface area contributed by atoms with Crippen LogP contribution in [0.4, 0.5) is 4.39 Å². The Kier molecular flexibility index (Phi) is 3.52. The summed E-state index contributed by atoms with van der Waals surface area (Å²) in [6.45, 7) is 0. The van der Waals surface area contributed by atoms with Crippen LogP contribution < -0.4 is 0 Å². The number of benzene rings is 2. The lowest BCUT2D eigenvalue weighted by atomic mass is 10.0. The SMILES string of the molecule is O=C(c1ccccc1)c1ccc(F)cc1[SH]1C=CC=C1. The molecule has 0 bridgehead atoms. The van der Waals surface area contributed by atoms with Crippen LogP contribution in [0.3, 0.4) is 0 Å². The Morgan fingerprint density at radius 3 is 2.35 bits per heavy atom. The van der Waals surface area contributed by atoms with Gasteiger partial charge in [-0.05, 0) is 29.0 Å². The van der Waals surface area contributed by atoms with Gasteiger partial charge in [-0.1, -0.05) is 42.5 Å². The number of carbonyl (C=O) groups is 1. The number of halogens is 1. The van der Waals surface area contributed by atoms with Gasteiger partial charge >= 0.3 is 0 Å². The van der Waals surface area contributed by atoms with Crippen LogP contribution in [0.25, 0.3) is 0 Å². The van der Waals surface area contributed by atoms with Gasteiger partial charge in [-0.15, -0.1) is 0 Å². The molecule has 0 unspecified atom stereocenters. The molecule has 2 aromatic carbocycles. The molecular weight excluding hydrogens is 271 g/mol. The van der Waals surface area contributed by atoms with Crippen LogP contribution in [0.15, 0.2) is 76.4 Å². The van der Waals surface area contributed by atoms with E-state index in [1.807, 2.05) is 41.2 Å². The summed E-state index contributed by atoms with van der Waals surface area (Å²) >= 11 is 0. The topological polar surface area (TPSA) is 17.1 Å². The van der Waals surface area contributed by atoms with Crippen molar-refractivity contribution in [3.8, 4) is 0 Å². The maximum Gasteiger partial charge on any atom is 0.194 e. The van der Waals surface area contributed by atoms with Gasteiger partial charge in [0.1, 0.15) is 5.82 Å². The minimum Gasteiger partial charge on any atom is -0.289 e. The fraction of sp³-hybridized carbons (Fsp3) is 0. The Morgan fingerprint density at radius 2 is 1.65 bits per heavy atom. The van der Waals surface area contributed by atoms with Crippen molar-refractivity contribution in [1.82, 2.24) is 0 Å². The smallest absolute Gasteiger partial charge is 0.194 e. The highest BCUT2D eigenvalue weighted by atomic mass is 32.2. The van der Waals surface area contributed by atoms with Crippen LogP contribution in [0.5, 0.6) is 0 Å². The predicted molar refractivity (Wildman–Crippen MR) is 81.8 cm³/mol. The zero-order chi connectivity index (χ0) is 13.9. The molecule has 1 nitrogen and oxygen atoms in total. The number of hydrogen-bond acceptors (Lipinski definition) is 1. The average Bonchev–Trinajstić information content (AvgIpc) is 3.01. The second-order valence-electron chi connectivity index (χ2n) is 4.45. The highest BCUT2D eigenvalue weighted by Crippen LogP contribution is 2.44. The minimum absolute atomic E-state index is 0.0585. The Hall–Kier alpha value is -2.13. The molecule has 20 heavy (non-hydrogen) atoms. The summed E-state index contributed by atoms with van der Waals surface area (Å²) in [6, 6.07) is 13.5. The number of hydrogen-bond donors (Lipinski definition) is 1. The predicted octanol–water partition coefficient (Wildman–Crippen LogP) is 4.46. The molecule has 3 rings (SSSR count). The van der Waals surface area contributed by atoms with Gasteiger partial charge in [-0.25, -0.2) is 4.39 Å². The molecule has 0 aromatic heterocycles. The van der Waals surface area contributed by atoms with E-state index in [0.29, 0.717) is 11.1 Å². The molecule has 0 radical (unpaired) electrons. The van der Waals surface area contributed by atoms with Gasteiger partial charge in [-0.3, -0.25) is 4.79 Å². The maximum atomic E-state index is 13.5.